The summed E-state index contributed by atoms with van der Waals surface area (Å²) >= 11 is 0. The molecule has 0 aliphatic carbocycles. The van der Waals surface area contributed by atoms with E-state index in [0.717, 1.165) is 38.7 Å². The predicted octanol–water partition coefficient (Wildman–Crippen LogP) is 7.01. The molecular formula is C29H27NO3. The van der Waals surface area contributed by atoms with E-state index in [1.54, 1.807) is 19.1 Å². The number of benzene rings is 4. The van der Waals surface area contributed by atoms with E-state index in [1.807, 2.05) is 31.2 Å². The number of nitrogens with one attached hydrogen (secondary N) is 1. The Morgan fingerprint density at radius 2 is 1.45 bits per heavy atom. The van der Waals surface area contributed by atoms with Crippen LogP contribution in [0, 0.1) is 6.92 Å². The summed E-state index contributed by atoms with van der Waals surface area (Å²) in [5, 5.41) is 5.19. The van der Waals surface area contributed by atoms with Gasteiger partial charge in [0, 0.05) is 17.4 Å². The van der Waals surface area contributed by atoms with Crippen molar-refractivity contribution in [2.45, 2.75) is 27.2 Å². The zero-order valence-electron chi connectivity index (χ0n) is 19.1. The Bertz CT molecular complexity index is 1310. The average Bonchev–Trinajstić information content (AvgIpc) is 2.84. The maximum absolute atomic E-state index is 12.5. The standard InChI is InChI=1S/C29H27NO3/c1-4-26(31)30-28-25(21-13-15-23(16-14-21)29(32)33-5-2)18-17-22-7-6-8-24(27(22)28)20-11-9-19(3)10-12-20/h6-18H,4-5H2,1-3H3,(H,30,31). The second-order valence-corrected chi connectivity index (χ2v) is 7.96. The summed E-state index contributed by atoms with van der Waals surface area (Å²) in [5.41, 5.74) is 6.44. The van der Waals surface area contributed by atoms with Crippen molar-refractivity contribution >= 4 is 28.3 Å². The molecule has 0 fully saturated rings. The van der Waals surface area contributed by atoms with Gasteiger partial charge in [-0.05, 0) is 48.1 Å². The average molecular weight is 438 g/mol. The molecule has 0 bridgehead atoms. The van der Waals surface area contributed by atoms with Gasteiger partial charge in [0.1, 0.15) is 0 Å². The van der Waals surface area contributed by atoms with Crippen molar-refractivity contribution in [1.29, 1.82) is 0 Å². The molecule has 0 heterocycles. The zero-order valence-corrected chi connectivity index (χ0v) is 19.1. The van der Waals surface area contributed by atoms with Crippen molar-refractivity contribution in [3.05, 3.63) is 90.0 Å². The fourth-order valence-corrected chi connectivity index (χ4v) is 3.95. The first-order valence-corrected chi connectivity index (χ1v) is 11.2. The Balaban J connectivity index is 1.92. The first-order chi connectivity index (χ1) is 16.0. The molecule has 4 aromatic rings. The molecule has 0 spiro atoms. The quantitative estimate of drug-likeness (QED) is 0.330. The molecule has 166 valence electrons. The van der Waals surface area contributed by atoms with E-state index in [1.165, 1.54) is 5.56 Å². The summed E-state index contributed by atoms with van der Waals surface area (Å²) in [6.45, 7) is 6.03. The van der Waals surface area contributed by atoms with Crippen LogP contribution in [0.1, 0.15) is 36.2 Å². The molecule has 4 nitrogen and oxygen atoms in total. The molecule has 4 aromatic carbocycles. The molecule has 1 N–H and O–H groups in total. The van der Waals surface area contributed by atoms with Gasteiger partial charge in [0.25, 0.3) is 0 Å². The number of carbonyl (C=O) groups is 2. The van der Waals surface area contributed by atoms with Gasteiger partial charge in [0.05, 0.1) is 17.9 Å². The van der Waals surface area contributed by atoms with Crippen molar-refractivity contribution < 1.29 is 14.3 Å². The predicted molar refractivity (Wildman–Crippen MR) is 134 cm³/mol. The molecule has 1 amide bonds. The minimum atomic E-state index is -0.344. The fraction of sp³-hybridized carbons (Fsp3) is 0.172. The second kappa shape index (κ2) is 9.70. The third-order valence-corrected chi connectivity index (χ3v) is 5.70. The summed E-state index contributed by atoms with van der Waals surface area (Å²) in [5.74, 6) is -0.394. The lowest BCUT2D eigenvalue weighted by Gasteiger charge is -2.18. The first kappa shape index (κ1) is 22.3. The Kier molecular flexibility index (Phi) is 6.55. The van der Waals surface area contributed by atoms with Crippen LogP contribution in [-0.4, -0.2) is 18.5 Å². The Morgan fingerprint density at radius 3 is 2.12 bits per heavy atom. The van der Waals surface area contributed by atoms with Crippen LogP contribution in [0.15, 0.2) is 78.9 Å². The maximum atomic E-state index is 12.5. The van der Waals surface area contributed by atoms with Gasteiger partial charge >= 0.3 is 5.97 Å². The van der Waals surface area contributed by atoms with Crippen molar-refractivity contribution in [3.8, 4) is 22.3 Å². The lowest BCUT2D eigenvalue weighted by Crippen LogP contribution is -2.11. The molecule has 33 heavy (non-hydrogen) atoms. The van der Waals surface area contributed by atoms with Crippen LogP contribution in [0.5, 0.6) is 0 Å². The topological polar surface area (TPSA) is 55.4 Å². The van der Waals surface area contributed by atoms with E-state index >= 15 is 0 Å². The van der Waals surface area contributed by atoms with Crippen LogP contribution >= 0.6 is 0 Å². The number of amides is 1. The number of carbonyl (C=O) groups excluding carboxylic acids is 2. The highest BCUT2D eigenvalue weighted by molar-refractivity contribution is 6.13. The summed E-state index contributed by atoms with van der Waals surface area (Å²) < 4.78 is 5.10. The van der Waals surface area contributed by atoms with Crippen molar-refractivity contribution in [1.82, 2.24) is 0 Å². The summed E-state index contributed by atoms with van der Waals surface area (Å²) in [6, 6.07) is 26.0. The van der Waals surface area contributed by atoms with E-state index < -0.39 is 0 Å². The van der Waals surface area contributed by atoms with Crippen LogP contribution in [0.3, 0.4) is 0 Å². The van der Waals surface area contributed by atoms with E-state index in [-0.39, 0.29) is 11.9 Å². The minimum absolute atomic E-state index is 0.0504. The zero-order chi connectivity index (χ0) is 23.4. The third-order valence-electron chi connectivity index (χ3n) is 5.70. The van der Waals surface area contributed by atoms with Crippen LogP contribution in [0.25, 0.3) is 33.0 Å². The summed E-state index contributed by atoms with van der Waals surface area (Å²) in [6.07, 6.45) is 0.379. The minimum Gasteiger partial charge on any atom is -0.462 e. The SMILES string of the molecule is CCOC(=O)c1ccc(-c2ccc3cccc(-c4ccc(C)cc4)c3c2NC(=O)CC)cc1. The Hall–Kier alpha value is -3.92. The second-order valence-electron chi connectivity index (χ2n) is 7.96. The van der Waals surface area contributed by atoms with Crippen LogP contribution < -0.4 is 5.32 Å². The van der Waals surface area contributed by atoms with Gasteiger partial charge in [0.2, 0.25) is 5.91 Å². The Morgan fingerprint density at radius 1 is 0.788 bits per heavy atom. The highest BCUT2D eigenvalue weighted by Gasteiger charge is 2.16. The molecule has 0 atom stereocenters. The van der Waals surface area contributed by atoms with Gasteiger partial charge in [-0.25, -0.2) is 4.79 Å². The molecular weight excluding hydrogens is 410 g/mol. The van der Waals surface area contributed by atoms with E-state index in [4.69, 9.17) is 4.74 Å². The number of esters is 1. The number of hydrogen-bond acceptors (Lipinski definition) is 3. The molecule has 0 aliphatic rings. The van der Waals surface area contributed by atoms with Gasteiger partial charge in [0.15, 0.2) is 0 Å². The van der Waals surface area contributed by atoms with Crippen molar-refractivity contribution in [2.24, 2.45) is 0 Å². The van der Waals surface area contributed by atoms with Crippen LogP contribution in [-0.2, 0) is 9.53 Å². The number of ether oxygens (including phenoxy) is 1. The largest absolute Gasteiger partial charge is 0.462 e. The van der Waals surface area contributed by atoms with E-state index in [2.05, 4.69) is 54.7 Å². The smallest absolute Gasteiger partial charge is 0.338 e. The number of rotatable bonds is 6. The number of fused-ring (bicyclic) bond motifs is 1. The van der Waals surface area contributed by atoms with Gasteiger partial charge in [-0.3, -0.25) is 4.79 Å². The molecule has 0 radical (unpaired) electrons. The first-order valence-electron chi connectivity index (χ1n) is 11.2. The maximum Gasteiger partial charge on any atom is 0.338 e. The van der Waals surface area contributed by atoms with Crippen molar-refractivity contribution in [2.75, 3.05) is 11.9 Å². The van der Waals surface area contributed by atoms with Crippen LogP contribution in [0.2, 0.25) is 0 Å². The number of aryl methyl sites for hydroxylation is 1. The molecule has 0 saturated heterocycles. The monoisotopic (exact) mass is 437 g/mol. The van der Waals surface area contributed by atoms with E-state index in [9.17, 15) is 9.59 Å². The van der Waals surface area contributed by atoms with Gasteiger partial charge < -0.3 is 10.1 Å². The molecule has 4 rings (SSSR count). The third kappa shape index (κ3) is 4.65. The number of hydrogen-bond donors (Lipinski definition) is 1. The molecule has 4 heteroatoms. The summed E-state index contributed by atoms with van der Waals surface area (Å²) in [7, 11) is 0. The lowest BCUT2D eigenvalue weighted by molar-refractivity contribution is -0.115. The molecule has 0 aromatic heterocycles. The number of anilines is 1. The van der Waals surface area contributed by atoms with Gasteiger partial charge in [-0.15, -0.1) is 0 Å². The van der Waals surface area contributed by atoms with Crippen molar-refractivity contribution in [3.63, 3.8) is 0 Å². The van der Waals surface area contributed by atoms with Gasteiger partial charge in [-0.1, -0.05) is 79.2 Å². The molecule has 0 aliphatic heterocycles. The van der Waals surface area contributed by atoms with E-state index in [0.29, 0.717) is 18.6 Å². The highest BCUT2D eigenvalue weighted by atomic mass is 16.5. The summed E-state index contributed by atoms with van der Waals surface area (Å²) in [4.78, 5) is 24.6. The Labute approximate surface area is 194 Å². The molecule has 0 unspecified atom stereocenters. The van der Waals surface area contributed by atoms with Gasteiger partial charge in [-0.2, -0.15) is 0 Å². The van der Waals surface area contributed by atoms with Crippen LogP contribution in [0.4, 0.5) is 5.69 Å². The fourth-order valence-electron chi connectivity index (χ4n) is 3.95. The lowest BCUT2D eigenvalue weighted by atomic mass is 9.92. The molecule has 0 saturated carbocycles. The normalized spacial score (nSPS) is 10.8. The highest BCUT2D eigenvalue weighted by Crippen LogP contribution is 2.40.